The van der Waals surface area contributed by atoms with Crippen molar-refractivity contribution in [3.63, 3.8) is 0 Å². The van der Waals surface area contributed by atoms with E-state index >= 15 is 0 Å². The molecule has 0 fully saturated rings. The summed E-state index contributed by atoms with van der Waals surface area (Å²) in [6.45, 7) is 6.45. The van der Waals surface area contributed by atoms with Gasteiger partial charge in [-0.05, 0) is 50.1 Å². The highest BCUT2D eigenvalue weighted by atomic mass is 35.5. The van der Waals surface area contributed by atoms with E-state index in [1.54, 1.807) is 0 Å². The summed E-state index contributed by atoms with van der Waals surface area (Å²) in [7, 11) is 0. The van der Waals surface area contributed by atoms with Crippen molar-refractivity contribution in [2.75, 3.05) is 11.9 Å². The quantitative estimate of drug-likeness (QED) is 0.874. The van der Waals surface area contributed by atoms with Crippen molar-refractivity contribution in [3.05, 3.63) is 64.2 Å². The molecule has 3 N–H and O–H groups in total. The molecule has 1 amide bonds. The summed E-state index contributed by atoms with van der Waals surface area (Å²) < 4.78 is 0. The van der Waals surface area contributed by atoms with Crippen LogP contribution < -0.4 is 10.6 Å². The molecule has 3 nitrogen and oxygen atoms in total. The Bertz CT molecular complexity index is 650. The Morgan fingerprint density at radius 1 is 1.18 bits per heavy atom. The molecular weight excluding hydrogens is 296 g/mol. The van der Waals surface area contributed by atoms with Gasteiger partial charge in [-0.15, -0.1) is 0 Å². The first-order valence-electron chi connectivity index (χ1n) is 7.41. The van der Waals surface area contributed by atoms with Crippen molar-refractivity contribution in [2.24, 2.45) is 0 Å². The van der Waals surface area contributed by atoms with Crippen molar-refractivity contribution in [1.82, 2.24) is 0 Å². The number of quaternary nitrogens is 1. The maximum atomic E-state index is 12.1. The second-order valence-electron chi connectivity index (χ2n) is 5.67. The van der Waals surface area contributed by atoms with Gasteiger partial charge in [-0.3, -0.25) is 4.79 Å². The highest BCUT2D eigenvalue weighted by molar-refractivity contribution is 6.31. The van der Waals surface area contributed by atoms with Crippen LogP contribution >= 0.6 is 11.6 Å². The predicted octanol–water partition coefficient (Wildman–Crippen LogP) is 3.22. The summed E-state index contributed by atoms with van der Waals surface area (Å²) in [5.41, 5.74) is 4.18. The molecule has 4 heteroatoms. The lowest BCUT2D eigenvalue weighted by Crippen LogP contribution is -2.86. The number of hydrogen-bond acceptors (Lipinski definition) is 1. The Kier molecular flexibility index (Phi) is 5.58. The molecule has 0 aromatic heterocycles. The molecule has 0 aliphatic heterocycles. The highest BCUT2D eigenvalue weighted by Gasteiger charge is 2.14. The number of rotatable bonds is 5. The van der Waals surface area contributed by atoms with Crippen LogP contribution in [0.3, 0.4) is 0 Å². The largest absolute Gasteiger partial charge is 0.332 e. The Balaban J connectivity index is 1.91. The fourth-order valence-electron chi connectivity index (χ4n) is 2.51. The molecule has 2 rings (SSSR count). The number of nitrogens with one attached hydrogen (secondary N) is 1. The van der Waals surface area contributed by atoms with Crippen molar-refractivity contribution in [3.8, 4) is 0 Å². The van der Waals surface area contributed by atoms with Crippen molar-refractivity contribution >= 4 is 23.2 Å². The van der Waals surface area contributed by atoms with E-state index in [1.807, 2.05) is 62.5 Å². The van der Waals surface area contributed by atoms with E-state index in [-0.39, 0.29) is 11.9 Å². The van der Waals surface area contributed by atoms with Crippen LogP contribution in [0.4, 0.5) is 5.69 Å². The summed E-state index contributed by atoms with van der Waals surface area (Å²) in [5.74, 6) is -0.0103. The van der Waals surface area contributed by atoms with Crippen molar-refractivity contribution < 1.29 is 10.1 Å². The van der Waals surface area contributed by atoms with E-state index in [0.717, 1.165) is 27.4 Å². The van der Waals surface area contributed by atoms with E-state index in [4.69, 9.17) is 11.6 Å². The number of amides is 1. The number of anilines is 1. The summed E-state index contributed by atoms with van der Waals surface area (Å²) in [6.07, 6.45) is 0. The molecule has 116 valence electrons. The van der Waals surface area contributed by atoms with E-state index in [1.165, 1.54) is 0 Å². The van der Waals surface area contributed by atoms with Crippen molar-refractivity contribution in [2.45, 2.75) is 26.8 Å². The number of nitrogens with two attached hydrogens (primary N) is 1. The van der Waals surface area contributed by atoms with Crippen LogP contribution in [0.25, 0.3) is 0 Å². The van der Waals surface area contributed by atoms with E-state index < -0.39 is 0 Å². The van der Waals surface area contributed by atoms with Crippen LogP contribution in [0.5, 0.6) is 0 Å². The number of halogens is 1. The van der Waals surface area contributed by atoms with Gasteiger partial charge in [-0.25, -0.2) is 0 Å². The van der Waals surface area contributed by atoms with Crippen molar-refractivity contribution in [1.29, 1.82) is 0 Å². The van der Waals surface area contributed by atoms with Crippen LogP contribution in [0, 0.1) is 13.8 Å². The van der Waals surface area contributed by atoms with Gasteiger partial charge in [0.15, 0.2) is 6.54 Å². The normalized spacial score (nSPS) is 12.0. The third kappa shape index (κ3) is 4.58. The average molecular weight is 318 g/mol. The number of carbonyl (C=O) groups excluding carboxylic acids is 1. The fraction of sp³-hybridized carbons (Fsp3) is 0.278. The first-order valence-corrected chi connectivity index (χ1v) is 7.79. The maximum Gasteiger partial charge on any atom is 0.279 e. The summed E-state index contributed by atoms with van der Waals surface area (Å²) in [5, 5.41) is 5.66. The third-order valence-corrected chi connectivity index (χ3v) is 3.90. The lowest BCUT2D eigenvalue weighted by atomic mass is 10.1. The standard InChI is InChI=1S/C18H21ClN2O/c1-12-8-13(2)10-15(9-12)21-18(22)11-20-14(3)16-6-4-5-7-17(16)19/h4-10,14,20H,11H2,1-3H3,(H,21,22)/p+1/t14-/m0/s1. The number of carbonyl (C=O) groups is 1. The zero-order valence-electron chi connectivity index (χ0n) is 13.2. The van der Waals surface area contributed by atoms with Crippen LogP contribution in [0.2, 0.25) is 5.02 Å². The predicted molar refractivity (Wildman–Crippen MR) is 91.2 cm³/mol. The van der Waals surface area contributed by atoms with Gasteiger partial charge in [-0.2, -0.15) is 0 Å². The SMILES string of the molecule is Cc1cc(C)cc(NC(=O)C[NH2+][C@@H](C)c2ccccc2Cl)c1. The van der Waals surface area contributed by atoms with Crippen LogP contribution in [0.15, 0.2) is 42.5 Å². The minimum absolute atomic E-state index is 0.0103. The summed E-state index contributed by atoms with van der Waals surface area (Å²) in [4.78, 5) is 12.1. The minimum atomic E-state index is -0.0103. The van der Waals surface area contributed by atoms with Gasteiger partial charge in [0.2, 0.25) is 0 Å². The zero-order chi connectivity index (χ0) is 16.1. The molecule has 0 radical (unpaired) electrons. The molecule has 0 spiro atoms. The lowest BCUT2D eigenvalue weighted by molar-refractivity contribution is -0.682. The molecule has 22 heavy (non-hydrogen) atoms. The zero-order valence-corrected chi connectivity index (χ0v) is 13.9. The molecule has 2 aromatic carbocycles. The Morgan fingerprint density at radius 3 is 2.45 bits per heavy atom. The second-order valence-corrected chi connectivity index (χ2v) is 6.08. The van der Waals surface area contributed by atoms with Gasteiger partial charge in [0.25, 0.3) is 5.91 Å². The van der Waals surface area contributed by atoms with E-state index in [0.29, 0.717) is 6.54 Å². The van der Waals surface area contributed by atoms with Gasteiger partial charge in [-0.1, -0.05) is 35.9 Å². The minimum Gasteiger partial charge on any atom is -0.332 e. The van der Waals surface area contributed by atoms with Crippen LogP contribution in [-0.2, 0) is 4.79 Å². The average Bonchev–Trinajstić information content (AvgIpc) is 2.44. The van der Waals surface area contributed by atoms with Gasteiger partial charge < -0.3 is 10.6 Å². The Hall–Kier alpha value is -1.84. The molecule has 0 aliphatic carbocycles. The first-order chi connectivity index (χ1) is 10.5. The summed E-state index contributed by atoms with van der Waals surface area (Å²) in [6, 6.07) is 13.9. The highest BCUT2D eigenvalue weighted by Crippen LogP contribution is 2.19. The van der Waals surface area contributed by atoms with E-state index in [9.17, 15) is 4.79 Å². The molecule has 1 atom stereocenters. The molecule has 0 saturated heterocycles. The molecule has 0 aliphatic rings. The Morgan fingerprint density at radius 2 is 1.82 bits per heavy atom. The smallest absolute Gasteiger partial charge is 0.279 e. The first kappa shape index (κ1) is 16.5. The van der Waals surface area contributed by atoms with Crippen LogP contribution in [-0.4, -0.2) is 12.5 Å². The van der Waals surface area contributed by atoms with Gasteiger partial charge >= 0.3 is 0 Å². The Labute approximate surface area is 136 Å². The molecule has 2 aromatic rings. The number of aryl methyl sites for hydroxylation is 2. The topological polar surface area (TPSA) is 45.7 Å². The molecule has 0 unspecified atom stereocenters. The van der Waals surface area contributed by atoms with Gasteiger partial charge in [0, 0.05) is 16.3 Å². The van der Waals surface area contributed by atoms with Gasteiger partial charge in [0.1, 0.15) is 6.04 Å². The number of benzene rings is 2. The summed E-state index contributed by atoms with van der Waals surface area (Å²) >= 11 is 6.18. The van der Waals surface area contributed by atoms with Crippen LogP contribution in [0.1, 0.15) is 29.7 Å². The van der Waals surface area contributed by atoms with E-state index in [2.05, 4.69) is 11.4 Å². The fourth-order valence-corrected chi connectivity index (χ4v) is 2.82. The molecular formula is C18H22ClN2O+. The van der Waals surface area contributed by atoms with Gasteiger partial charge in [0.05, 0.1) is 0 Å². The monoisotopic (exact) mass is 317 g/mol. The second kappa shape index (κ2) is 7.43. The molecule has 0 bridgehead atoms. The molecule has 0 heterocycles. The third-order valence-electron chi connectivity index (χ3n) is 3.56. The number of hydrogen-bond donors (Lipinski definition) is 2. The maximum absolute atomic E-state index is 12.1. The lowest BCUT2D eigenvalue weighted by Gasteiger charge is -2.13. The molecule has 0 saturated carbocycles.